The Kier molecular flexibility index (Phi) is 7.73. The Balaban J connectivity index is 1.06. The lowest BCUT2D eigenvalue weighted by atomic mass is 9.89. The molecule has 0 radical (unpaired) electrons. The van der Waals surface area contributed by atoms with Gasteiger partial charge in [-0.25, -0.2) is 0 Å². The average Bonchev–Trinajstić information content (AvgIpc) is 3.36. The molecule has 10 nitrogen and oxygen atoms in total. The van der Waals surface area contributed by atoms with Crippen LogP contribution >= 0.6 is 0 Å². The summed E-state index contributed by atoms with van der Waals surface area (Å²) in [4.78, 5) is 18.8. The Hall–Kier alpha value is -3.40. The number of rotatable bonds is 8. The maximum Gasteiger partial charge on any atom is 0.338 e. The molecule has 5 rings (SSSR count). The number of amides is 1. The highest BCUT2D eigenvalue weighted by molar-refractivity contribution is 5.78. The molecule has 2 aliphatic heterocycles. The van der Waals surface area contributed by atoms with Crippen LogP contribution < -0.4 is 14.4 Å². The van der Waals surface area contributed by atoms with Gasteiger partial charge in [0.05, 0.1) is 7.11 Å². The quantitative estimate of drug-likeness (QED) is 0.460. The van der Waals surface area contributed by atoms with Crippen molar-refractivity contribution >= 4 is 17.4 Å². The average molecular weight is 508 g/mol. The lowest BCUT2D eigenvalue weighted by Crippen LogP contribution is -2.50. The lowest BCUT2D eigenvalue weighted by molar-refractivity contribution is -0.136. The van der Waals surface area contributed by atoms with Gasteiger partial charge >= 0.3 is 6.01 Å². The normalized spacial score (nSPS) is 17.5. The molecule has 1 aromatic carbocycles. The number of fused-ring (bicyclic) bond motifs is 1. The minimum Gasteiger partial charge on any atom is -0.492 e. The van der Waals surface area contributed by atoms with Crippen LogP contribution in [0.2, 0.25) is 0 Å². The smallest absolute Gasteiger partial charge is 0.338 e. The van der Waals surface area contributed by atoms with Crippen LogP contribution in [-0.4, -0.2) is 95.0 Å². The molecule has 0 N–H and O–H groups in total. The number of benzene rings is 1. The first-order valence-corrected chi connectivity index (χ1v) is 13.3. The summed E-state index contributed by atoms with van der Waals surface area (Å²) in [6.45, 7) is 10.8. The second-order valence-electron chi connectivity index (χ2n) is 10.1. The van der Waals surface area contributed by atoms with E-state index in [1.54, 1.807) is 11.6 Å². The molecule has 4 heterocycles. The van der Waals surface area contributed by atoms with Crippen molar-refractivity contribution < 1.29 is 14.3 Å². The van der Waals surface area contributed by atoms with Crippen LogP contribution in [0, 0.1) is 5.92 Å². The molecule has 2 fully saturated rings. The second kappa shape index (κ2) is 11.3. The van der Waals surface area contributed by atoms with E-state index in [0.29, 0.717) is 24.2 Å². The number of hydrogen-bond donors (Lipinski definition) is 0. The van der Waals surface area contributed by atoms with E-state index >= 15 is 0 Å². The van der Waals surface area contributed by atoms with Crippen molar-refractivity contribution in [2.45, 2.75) is 32.6 Å². The number of carbonyl (C=O) groups is 1. The number of methoxy groups -OCH3 is 1. The van der Waals surface area contributed by atoms with Crippen LogP contribution in [0.1, 0.15) is 38.2 Å². The molecule has 37 heavy (non-hydrogen) atoms. The number of nitrogens with zero attached hydrogens (tertiary/aromatic N) is 7. The molecule has 0 bridgehead atoms. The van der Waals surface area contributed by atoms with E-state index in [4.69, 9.17) is 9.47 Å². The number of ether oxygens (including phenoxy) is 2. The molecule has 3 aromatic rings. The minimum absolute atomic E-state index is 0.0719. The highest BCUT2D eigenvalue weighted by Gasteiger charge is 2.24. The number of piperazine rings is 1. The van der Waals surface area contributed by atoms with Crippen molar-refractivity contribution in [3.8, 4) is 11.8 Å². The molecule has 1 amide bonds. The maximum atomic E-state index is 12.2. The summed E-state index contributed by atoms with van der Waals surface area (Å²) in [7, 11) is 1.58. The summed E-state index contributed by atoms with van der Waals surface area (Å²) in [5.41, 5.74) is 2.04. The Bertz CT molecular complexity index is 1180. The molecule has 10 heteroatoms. The molecular weight excluding hydrogens is 470 g/mol. The van der Waals surface area contributed by atoms with E-state index in [0.717, 1.165) is 70.2 Å². The first kappa shape index (κ1) is 25.3. The molecule has 2 saturated heterocycles. The largest absolute Gasteiger partial charge is 0.492 e. The van der Waals surface area contributed by atoms with Gasteiger partial charge in [-0.05, 0) is 48.6 Å². The number of hydrogen-bond acceptors (Lipinski definition) is 8. The highest BCUT2D eigenvalue weighted by Crippen LogP contribution is 2.31. The van der Waals surface area contributed by atoms with Gasteiger partial charge in [0.1, 0.15) is 18.2 Å². The van der Waals surface area contributed by atoms with Gasteiger partial charge in [0.25, 0.3) is 0 Å². The second-order valence-corrected chi connectivity index (χ2v) is 10.1. The maximum absolute atomic E-state index is 12.2. The van der Waals surface area contributed by atoms with Crippen LogP contribution in [0.25, 0.3) is 5.65 Å². The molecule has 0 atom stereocenters. The van der Waals surface area contributed by atoms with Gasteiger partial charge in [0.2, 0.25) is 5.91 Å². The Morgan fingerprint density at radius 1 is 0.973 bits per heavy atom. The van der Waals surface area contributed by atoms with Crippen LogP contribution in [0.15, 0.2) is 36.4 Å². The zero-order valence-electron chi connectivity index (χ0n) is 22.0. The van der Waals surface area contributed by atoms with E-state index < -0.39 is 0 Å². The molecule has 2 aliphatic rings. The highest BCUT2D eigenvalue weighted by atomic mass is 16.5. The standard InChI is InChI=1S/C27H37N7O3/c1-20(2)26(35)33-16-14-31(15-17-33)18-19-37-23-6-4-21(5-7-23)22-10-12-32(13-11-22)25-9-8-24-28-29-27(36-3)34(24)30-25/h4-9,20,22H,10-19H2,1-3H3. The zero-order valence-corrected chi connectivity index (χ0v) is 22.0. The van der Waals surface area contributed by atoms with Crippen molar-refractivity contribution in [1.29, 1.82) is 0 Å². The van der Waals surface area contributed by atoms with E-state index in [2.05, 4.69) is 49.4 Å². The number of carbonyl (C=O) groups excluding carboxylic acids is 1. The molecule has 0 unspecified atom stereocenters. The summed E-state index contributed by atoms with van der Waals surface area (Å²) < 4.78 is 12.9. The van der Waals surface area contributed by atoms with Gasteiger partial charge in [-0.1, -0.05) is 31.1 Å². The number of aromatic nitrogens is 4. The molecule has 2 aromatic heterocycles. The van der Waals surface area contributed by atoms with Crippen LogP contribution in [0.4, 0.5) is 5.82 Å². The monoisotopic (exact) mass is 507 g/mol. The van der Waals surface area contributed by atoms with Crippen molar-refractivity contribution in [2.24, 2.45) is 5.92 Å². The third kappa shape index (κ3) is 5.79. The van der Waals surface area contributed by atoms with Crippen molar-refractivity contribution in [3.05, 3.63) is 42.0 Å². The summed E-state index contributed by atoms with van der Waals surface area (Å²) in [6.07, 6.45) is 2.15. The fourth-order valence-electron chi connectivity index (χ4n) is 5.18. The summed E-state index contributed by atoms with van der Waals surface area (Å²) >= 11 is 0. The van der Waals surface area contributed by atoms with Crippen molar-refractivity contribution in [1.82, 2.24) is 29.6 Å². The molecule has 0 aliphatic carbocycles. The van der Waals surface area contributed by atoms with Crippen LogP contribution in [0.5, 0.6) is 11.8 Å². The molecule has 0 saturated carbocycles. The number of piperidine rings is 1. The fourth-order valence-corrected chi connectivity index (χ4v) is 5.18. The van der Waals surface area contributed by atoms with Gasteiger partial charge in [0.15, 0.2) is 5.65 Å². The predicted molar refractivity (Wildman–Crippen MR) is 141 cm³/mol. The Morgan fingerprint density at radius 3 is 2.38 bits per heavy atom. The fraction of sp³-hybridized carbons (Fsp3) is 0.556. The predicted octanol–water partition coefficient (Wildman–Crippen LogP) is 2.70. The van der Waals surface area contributed by atoms with Crippen molar-refractivity contribution in [2.75, 3.05) is 64.4 Å². The summed E-state index contributed by atoms with van der Waals surface area (Å²) in [5, 5.41) is 12.7. The van der Waals surface area contributed by atoms with Gasteiger partial charge < -0.3 is 19.3 Å². The molecule has 198 valence electrons. The minimum atomic E-state index is 0.0719. The van der Waals surface area contributed by atoms with Gasteiger partial charge in [0, 0.05) is 51.7 Å². The Morgan fingerprint density at radius 2 is 1.70 bits per heavy atom. The van der Waals surface area contributed by atoms with E-state index in [-0.39, 0.29) is 11.8 Å². The van der Waals surface area contributed by atoms with Crippen molar-refractivity contribution in [3.63, 3.8) is 0 Å². The third-order valence-corrected chi connectivity index (χ3v) is 7.43. The van der Waals surface area contributed by atoms with Gasteiger partial charge in [-0.2, -0.15) is 4.52 Å². The van der Waals surface area contributed by atoms with E-state index in [9.17, 15) is 4.79 Å². The van der Waals surface area contributed by atoms with Crippen LogP contribution in [-0.2, 0) is 4.79 Å². The van der Waals surface area contributed by atoms with Gasteiger partial charge in [-0.3, -0.25) is 9.69 Å². The third-order valence-electron chi connectivity index (χ3n) is 7.43. The topological polar surface area (TPSA) is 88.3 Å². The molecule has 0 spiro atoms. The van der Waals surface area contributed by atoms with E-state index in [1.807, 2.05) is 30.9 Å². The SMILES string of the molecule is COc1nnc2ccc(N3CCC(c4ccc(OCCN5CCN(C(=O)C(C)C)CC5)cc4)CC3)nn12. The van der Waals surface area contributed by atoms with E-state index in [1.165, 1.54) is 5.56 Å². The summed E-state index contributed by atoms with van der Waals surface area (Å²) in [6, 6.07) is 12.9. The first-order valence-electron chi connectivity index (χ1n) is 13.3. The lowest BCUT2D eigenvalue weighted by Gasteiger charge is -2.35. The zero-order chi connectivity index (χ0) is 25.8. The first-order chi connectivity index (χ1) is 18.0. The molecular formula is C27H37N7O3. The number of anilines is 1. The Labute approximate surface area is 218 Å². The summed E-state index contributed by atoms with van der Waals surface area (Å²) in [5.74, 6) is 2.69. The van der Waals surface area contributed by atoms with Crippen LogP contribution in [0.3, 0.4) is 0 Å². The van der Waals surface area contributed by atoms with Gasteiger partial charge in [-0.15, -0.1) is 10.2 Å².